The number of urea groups is 1. The molecule has 0 fully saturated rings. The van der Waals surface area contributed by atoms with E-state index in [2.05, 4.69) is 11.2 Å². The molecule has 0 aromatic rings. The van der Waals surface area contributed by atoms with Crippen molar-refractivity contribution in [1.29, 1.82) is 0 Å². The van der Waals surface area contributed by atoms with E-state index >= 15 is 0 Å². The summed E-state index contributed by atoms with van der Waals surface area (Å²) >= 11 is 0. The van der Waals surface area contributed by atoms with Gasteiger partial charge in [0, 0.05) is 6.54 Å². The van der Waals surface area contributed by atoms with Crippen LogP contribution in [0, 0.1) is 12.3 Å². The second-order valence-electron chi connectivity index (χ2n) is 3.63. The Morgan fingerprint density at radius 3 is 2.47 bits per heavy atom. The summed E-state index contributed by atoms with van der Waals surface area (Å²) in [5, 5.41) is 20.2. The molecule has 2 amide bonds. The van der Waals surface area contributed by atoms with E-state index in [1.165, 1.54) is 11.8 Å². The lowest BCUT2D eigenvalue weighted by Gasteiger charge is -2.24. The largest absolute Gasteiger partial charge is 0.480 e. The molecular weight excluding hydrogens is 224 g/mol. The standard InChI is InChI=1S/C11H18N2O4/c1-4-6-13(7-5-2)11(17)12-9(8(3)14)10(15)16/h1,8-9,14H,5-7H2,2-3H3,(H,12,17)(H,15,16). The lowest BCUT2D eigenvalue weighted by Crippen LogP contribution is -2.52. The van der Waals surface area contributed by atoms with Crippen LogP contribution in [0.5, 0.6) is 0 Å². The van der Waals surface area contributed by atoms with Gasteiger partial charge in [-0.1, -0.05) is 12.8 Å². The highest BCUT2D eigenvalue weighted by atomic mass is 16.4. The van der Waals surface area contributed by atoms with Crippen LogP contribution in [-0.4, -0.2) is 52.3 Å². The van der Waals surface area contributed by atoms with Crippen LogP contribution in [0.15, 0.2) is 0 Å². The zero-order valence-corrected chi connectivity index (χ0v) is 10.0. The number of carboxylic acid groups (broad SMARTS) is 1. The van der Waals surface area contributed by atoms with E-state index in [-0.39, 0.29) is 6.54 Å². The predicted molar refractivity (Wildman–Crippen MR) is 62.3 cm³/mol. The van der Waals surface area contributed by atoms with Gasteiger partial charge in [-0.15, -0.1) is 6.42 Å². The molecule has 0 aliphatic heterocycles. The fourth-order valence-electron chi connectivity index (χ4n) is 1.25. The fraction of sp³-hybridized carbons (Fsp3) is 0.636. The van der Waals surface area contributed by atoms with Crippen LogP contribution in [0.2, 0.25) is 0 Å². The molecule has 0 aromatic heterocycles. The Balaban J connectivity index is 4.56. The summed E-state index contributed by atoms with van der Waals surface area (Å²) in [6.45, 7) is 3.71. The first-order valence-electron chi connectivity index (χ1n) is 5.33. The third-order valence-corrected chi connectivity index (χ3v) is 2.09. The van der Waals surface area contributed by atoms with Crippen LogP contribution in [0.1, 0.15) is 20.3 Å². The molecular formula is C11H18N2O4. The van der Waals surface area contributed by atoms with Crippen molar-refractivity contribution < 1.29 is 19.8 Å². The van der Waals surface area contributed by atoms with E-state index in [0.29, 0.717) is 13.0 Å². The Morgan fingerprint density at radius 2 is 2.12 bits per heavy atom. The number of carbonyl (C=O) groups excluding carboxylic acids is 1. The van der Waals surface area contributed by atoms with Crippen molar-refractivity contribution in [2.75, 3.05) is 13.1 Å². The number of hydrogen-bond donors (Lipinski definition) is 3. The zero-order chi connectivity index (χ0) is 13.4. The average molecular weight is 242 g/mol. The lowest BCUT2D eigenvalue weighted by atomic mass is 10.2. The van der Waals surface area contributed by atoms with Gasteiger partial charge in [-0.2, -0.15) is 0 Å². The maximum atomic E-state index is 11.7. The van der Waals surface area contributed by atoms with Gasteiger partial charge in [-0.3, -0.25) is 0 Å². The van der Waals surface area contributed by atoms with E-state index in [0.717, 1.165) is 0 Å². The molecule has 2 unspecified atom stereocenters. The Hall–Kier alpha value is -1.74. The third kappa shape index (κ3) is 5.22. The summed E-state index contributed by atoms with van der Waals surface area (Å²) in [6.07, 6.45) is 4.65. The van der Waals surface area contributed by atoms with Gasteiger partial charge in [0.2, 0.25) is 0 Å². The first kappa shape index (κ1) is 15.3. The zero-order valence-electron chi connectivity index (χ0n) is 10.0. The molecule has 6 nitrogen and oxygen atoms in total. The summed E-state index contributed by atoms with van der Waals surface area (Å²) in [5.74, 6) is 1.03. The summed E-state index contributed by atoms with van der Waals surface area (Å²) < 4.78 is 0. The van der Waals surface area contributed by atoms with Gasteiger partial charge in [0.15, 0.2) is 6.04 Å². The molecule has 0 bridgehead atoms. The van der Waals surface area contributed by atoms with Crippen molar-refractivity contribution in [2.24, 2.45) is 0 Å². The van der Waals surface area contributed by atoms with E-state index in [9.17, 15) is 14.7 Å². The number of nitrogens with zero attached hydrogens (tertiary/aromatic N) is 1. The Kier molecular flexibility index (Phi) is 6.75. The van der Waals surface area contributed by atoms with Crippen LogP contribution in [0.25, 0.3) is 0 Å². The van der Waals surface area contributed by atoms with Gasteiger partial charge in [0.25, 0.3) is 0 Å². The molecule has 0 saturated heterocycles. The predicted octanol–water partition coefficient (Wildman–Crippen LogP) is -0.125. The van der Waals surface area contributed by atoms with Crippen molar-refractivity contribution in [3.63, 3.8) is 0 Å². The summed E-state index contributed by atoms with van der Waals surface area (Å²) in [6, 6.07) is -1.92. The van der Waals surface area contributed by atoms with Crippen molar-refractivity contribution in [1.82, 2.24) is 10.2 Å². The normalized spacial score (nSPS) is 13.3. The highest BCUT2D eigenvalue weighted by Gasteiger charge is 2.26. The maximum absolute atomic E-state index is 11.7. The number of hydrogen-bond acceptors (Lipinski definition) is 3. The average Bonchev–Trinajstić information content (AvgIpc) is 2.24. The summed E-state index contributed by atoms with van der Waals surface area (Å²) in [5.41, 5.74) is 0. The summed E-state index contributed by atoms with van der Waals surface area (Å²) in [4.78, 5) is 23.8. The van der Waals surface area contributed by atoms with Crippen molar-refractivity contribution in [3.05, 3.63) is 0 Å². The molecule has 0 aliphatic carbocycles. The molecule has 0 heterocycles. The van der Waals surface area contributed by atoms with Gasteiger partial charge in [-0.05, 0) is 13.3 Å². The molecule has 2 atom stereocenters. The quantitative estimate of drug-likeness (QED) is 0.566. The van der Waals surface area contributed by atoms with Crippen LogP contribution in [0.4, 0.5) is 4.79 Å². The Morgan fingerprint density at radius 1 is 1.53 bits per heavy atom. The molecule has 96 valence electrons. The molecule has 0 radical (unpaired) electrons. The van der Waals surface area contributed by atoms with E-state index < -0.39 is 24.1 Å². The number of carboxylic acids is 1. The van der Waals surface area contributed by atoms with Gasteiger partial charge < -0.3 is 20.4 Å². The lowest BCUT2D eigenvalue weighted by molar-refractivity contribution is -0.141. The van der Waals surface area contributed by atoms with Crippen LogP contribution < -0.4 is 5.32 Å². The van der Waals surface area contributed by atoms with Crippen LogP contribution >= 0.6 is 0 Å². The Bertz CT molecular complexity index is 309. The van der Waals surface area contributed by atoms with E-state index in [4.69, 9.17) is 11.5 Å². The second kappa shape index (κ2) is 7.52. The molecule has 0 aromatic carbocycles. The Labute approximate surface area is 101 Å². The minimum absolute atomic E-state index is 0.103. The molecule has 3 N–H and O–H groups in total. The highest BCUT2D eigenvalue weighted by molar-refractivity contribution is 5.83. The minimum Gasteiger partial charge on any atom is -0.480 e. The molecule has 17 heavy (non-hydrogen) atoms. The highest BCUT2D eigenvalue weighted by Crippen LogP contribution is 1.97. The van der Waals surface area contributed by atoms with Gasteiger partial charge in [-0.25, -0.2) is 9.59 Å². The summed E-state index contributed by atoms with van der Waals surface area (Å²) in [7, 11) is 0. The monoisotopic (exact) mass is 242 g/mol. The smallest absolute Gasteiger partial charge is 0.328 e. The van der Waals surface area contributed by atoms with Gasteiger partial charge in [0.1, 0.15) is 0 Å². The maximum Gasteiger partial charge on any atom is 0.328 e. The second-order valence-corrected chi connectivity index (χ2v) is 3.63. The number of carbonyl (C=O) groups is 2. The number of rotatable bonds is 6. The molecule has 0 rings (SSSR count). The van der Waals surface area contributed by atoms with E-state index in [1.54, 1.807) is 0 Å². The number of nitrogens with one attached hydrogen (secondary N) is 1. The number of aliphatic carboxylic acids is 1. The number of terminal acetylenes is 1. The van der Waals surface area contributed by atoms with Crippen LogP contribution in [0.3, 0.4) is 0 Å². The molecule has 6 heteroatoms. The third-order valence-electron chi connectivity index (χ3n) is 2.09. The minimum atomic E-state index is -1.33. The molecule has 0 spiro atoms. The fourth-order valence-corrected chi connectivity index (χ4v) is 1.25. The first-order valence-corrected chi connectivity index (χ1v) is 5.33. The SMILES string of the molecule is C#CCN(CCC)C(=O)NC(C(=O)O)C(C)O. The van der Waals surface area contributed by atoms with E-state index in [1.807, 2.05) is 6.92 Å². The van der Waals surface area contributed by atoms with Crippen molar-refractivity contribution in [3.8, 4) is 12.3 Å². The van der Waals surface area contributed by atoms with Crippen LogP contribution in [-0.2, 0) is 4.79 Å². The first-order chi connectivity index (χ1) is 7.93. The number of aliphatic hydroxyl groups is 1. The molecule has 0 saturated carbocycles. The number of aliphatic hydroxyl groups excluding tert-OH is 1. The topological polar surface area (TPSA) is 89.9 Å². The van der Waals surface area contributed by atoms with Crippen molar-refractivity contribution >= 4 is 12.0 Å². The number of amides is 2. The molecule has 0 aliphatic rings. The van der Waals surface area contributed by atoms with Crippen molar-refractivity contribution in [2.45, 2.75) is 32.4 Å². The van der Waals surface area contributed by atoms with Gasteiger partial charge in [0.05, 0.1) is 12.6 Å². The van der Waals surface area contributed by atoms with Gasteiger partial charge >= 0.3 is 12.0 Å².